The summed E-state index contributed by atoms with van der Waals surface area (Å²) in [6, 6.07) is 3.72. The smallest absolute Gasteiger partial charge is 0.198 e. The average Bonchev–Trinajstić information content (AvgIpc) is 2.21. The molecular weight excluding hydrogens is 416 g/mol. The van der Waals surface area contributed by atoms with Gasteiger partial charge in [-0.3, -0.25) is 4.79 Å². The minimum absolute atomic E-state index is 0.105. The zero-order chi connectivity index (χ0) is 13.2. The summed E-state index contributed by atoms with van der Waals surface area (Å²) in [6.07, 6.45) is -0.554. The van der Waals surface area contributed by atoms with Crippen LogP contribution in [-0.4, -0.2) is 11.9 Å². The first-order valence-electron chi connectivity index (χ1n) is 4.84. The highest BCUT2D eigenvalue weighted by molar-refractivity contribution is 9.11. The number of Topliss-reactive ketones (excluding diaryl/α,β-unsaturated/α-hetero) is 1. The summed E-state index contributed by atoms with van der Waals surface area (Å²) >= 11 is 10.2. The van der Waals surface area contributed by atoms with E-state index < -0.39 is 6.10 Å². The van der Waals surface area contributed by atoms with E-state index in [0.717, 1.165) is 13.4 Å². The van der Waals surface area contributed by atoms with Crippen LogP contribution in [0.4, 0.5) is 0 Å². The Morgan fingerprint density at radius 2 is 1.76 bits per heavy atom. The summed E-state index contributed by atoms with van der Waals surface area (Å²) < 4.78 is 8.10. The van der Waals surface area contributed by atoms with Gasteiger partial charge in [0.15, 0.2) is 11.9 Å². The molecule has 0 bridgehead atoms. The van der Waals surface area contributed by atoms with Crippen LogP contribution in [0.1, 0.15) is 13.8 Å². The second kappa shape index (κ2) is 6.16. The van der Waals surface area contributed by atoms with Crippen LogP contribution < -0.4 is 4.74 Å². The molecule has 2 nitrogen and oxygen atoms in total. The first-order chi connectivity index (χ1) is 7.82. The van der Waals surface area contributed by atoms with Crippen molar-refractivity contribution in [1.29, 1.82) is 0 Å². The van der Waals surface area contributed by atoms with Gasteiger partial charge in [0.1, 0.15) is 5.75 Å². The summed E-state index contributed by atoms with van der Waals surface area (Å²) in [5, 5.41) is 0. The van der Waals surface area contributed by atoms with Crippen LogP contribution in [0.3, 0.4) is 0 Å². The zero-order valence-electron chi connectivity index (χ0n) is 9.39. The summed E-state index contributed by atoms with van der Waals surface area (Å²) in [7, 11) is 0. The van der Waals surface area contributed by atoms with Crippen molar-refractivity contribution in [3.63, 3.8) is 0 Å². The predicted octanol–water partition coefficient (Wildman–Crippen LogP) is 4.89. The Kier molecular flexibility index (Phi) is 5.41. The number of rotatable bonds is 4. The monoisotopic (exact) mass is 424 g/mol. The molecule has 0 aliphatic rings. The molecular formula is C12H11Br3O2. The van der Waals surface area contributed by atoms with E-state index in [4.69, 9.17) is 4.74 Å². The lowest BCUT2D eigenvalue weighted by molar-refractivity contribution is -0.121. The largest absolute Gasteiger partial charge is 0.480 e. The van der Waals surface area contributed by atoms with E-state index in [2.05, 4.69) is 54.4 Å². The molecule has 0 spiro atoms. The molecule has 1 unspecified atom stereocenters. The number of benzene rings is 1. The van der Waals surface area contributed by atoms with E-state index in [1.54, 1.807) is 13.8 Å². The second-order valence-corrected chi connectivity index (χ2v) is 6.23. The Morgan fingerprint density at radius 3 is 2.18 bits per heavy atom. The molecule has 1 aromatic carbocycles. The lowest BCUT2D eigenvalue weighted by atomic mass is 10.1. The SMILES string of the molecule is C=C(C)C(=O)C(C)Oc1c(Br)cc(Br)cc1Br. The molecule has 0 aromatic heterocycles. The molecule has 0 aliphatic heterocycles. The molecule has 0 saturated carbocycles. The van der Waals surface area contributed by atoms with Crippen molar-refractivity contribution in [1.82, 2.24) is 0 Å². The van der Waals surface area contributed by atoms with Crippen LogP contribution in [0.5, 0.6) is 5.75 Å². The minimum Gasteiger partial charge on any atom is -0.480 e. The highest BCUT2D eigenvalue weighted by Crippen LogP contribution is 2.37. The highest BCUT2D eigenvalue weighted by atomic mass is 79.9. The fourth-order valence-corrected chi connectivity index (χ4v) is 3.66. The van der Waals surface area contributed by atoms with E-state index in [1.165, 1.54) is 0 Å². The summed E-state index contributed by atoms with van der Waals surface area (Å²) in [5.41, 5.74) is 0.488. The Balaban J connectivity index is 2.96. The topological polar surface area (TPSA) is 26.3 Å². The van der Waals surface area contributed by atoms with Crippen LogP contribution >= 0.6 is 47.8 Å². The van der Waals surface area contributed by atoms with Gasteiger partial charge in [0.05, 0.1) is 8.95 Å². The maximum Gasteiger partial charge on any atom is 0.198 e. The van der Waals surface area contributed by atoms with Gasteiger partial charge < -0.3 is 4.74 Å². The van der Waals surface area contributed by atoms with Gasteiger partial charge in [0.2, 0.25) is 0 Å². The Morgan fingerprint density at radius 1 is 1.29 bits per heavy atom. The predicted molar refractivity (Wildman–Crippen MR) is 79.5 cm³/mol. The lowest BCUT2D eigenvalue weighted by Crippen LogP contribution is -2.24. The van der Waals surface area contributed by atoms with Gasteiger partial charge in [-0.2, -0.15) is 0 Å². The summed E-state index contributed by atoms with van der Waals surface area (Å²) in [4.78, 5) is 11.7. The number of hydrogen-bond donors (Lipinski definition) is 0. The van der Waals surface area contributed by atoms with Crippen molar-refractivity contribution in [3.05, 3.63) is 37.7 Å². The number of carbonyl (C=O) groups is 1. The highest BCUT2D eigenvalue weighted by Gasteiger charge is 2.18. The molecule has 0 amide bonds. The van der Waals surface area contributed by atoms with Gasteiger partial charge in [-0.05, 0) is 63.4 Å². The van der Waals surface area contributed by atoms with Crippen molar-refractivity contribution in [2.75, 3.05) is 0 Å². The molecule has 0 radical (unpaired) electrons. The van der Waals surface area contributed by atoms with Crippen LogP contribution in [0.25, 0.3) is 0 Å². The first kappa shape index (κ1) is 14.9. The van der Waals surface area contributed by atoms with Crippen molar-refractivity contribution in [3.8, 4) is 5.75 Å². The molecule has 92 valence electrons. The standard InChI is InChI=1S/C12H11Br3O2/c1-6(2)11(16)7(3)17-12-9(14)4-8(13)5-10(12)15/h4-5,7H,1H2,2-3H3. The van der Waals surface area contributed by atoms with E-state index in [9.17, 15) is 4.79 Å². The van der Waals surface area contributed by atoms with Crippen molar-refractivity contribution in [2.45, 2.75) is 20.0 Å². The molecule has 1 rings (SSSR count). The van der Waals surface area contributed by atoms with Crippen molar-refractivity contribution in [2.24, 2.45) is 0 Å². The maximum absolute atomic E-state index is 11.7. The number of ether oxygens (including phenoxy) is 1. The fraction of sp³-hybridized carbons (Fsp3) is 0.250. The minimum atomic E-state index is -0.554. The van der Waals surface area contributed by atoms with Gasteiger partial charge in [0, 0.05) is 4.47 Å². The molecule has 0 aliphatic carbocycles. The van der Waals surface area contributed by atoms with E-state index >= 15 is 0 Å². The third kappa shape index (κ3) is 3.93. The van der Waals surface area contributed by atoms with Crippen molar-refractivity contribution >= 4 is 53.6 Å². The third-order valence-corrected chi connectivity index (χ3v) is 3.68. The average molecular weight is 427 g/mol. The maximum atomic E-state index is 11.7. The van der Waals surface area contributed by atoms with E-state index in [1.807, 2.05) is 12.1 Å². The summed E-state index contributed by atoms with van der Waals surface area (Å²) in [5.74, 6) is 0.502. The van der Waals surface area contributed by atoms with Gasteiger partial charge >= 0.3 is 0 Å². The lowest BCUT2D eigenvalue weighted by Gasteiger charge is -2.16. The number of halogens is 3. The van der Waals surface area contributed by atoms with E-state index in [-0.39, 0.29) is 5.78 Å². The summed E-state index contributed by atoms with van der Waals surface area (Å²) in [6.45, 7) is 7.00. The molecule has 1 aromatic rings. The molecule has 0 N–H and O–H groups in total. The van der Waals surface area contributed by atoms with Gasteiger partial charge in [-0.25, -0.2) is 0 Å². The third-order valence-electron chi connectivity index (χ3n) is 2.05. The normalized spacial score (nSPS) is 12.1. The molecule has 17 heavy (non-hydrogen) atoms. The van der Waals surface area contributed by atoms with Crippen molar-refractivity contribution < 1.29 is 9.53 Å². The molecule has 0 heterocycles. The number of carbonyl (C=O) groups excluding carboxylic acids is 1. The molecule has 5 heteroatoms. The second-order valence-electron chi connectivity index (χ2n) is 3.60. The molecule has 1 atom stereocenters. The van der Waals surface area contributed by atoms with Gasteiger partial charge in [-0.15, -0.1) is 0 Å². The molecule has 0 fully saturated rings. The van der Waals surface area contributed by atoms with Crippen LogP contribution in [0, 0.1) is 0 Å². The van der Waals surface area contributed by atoms with Crippen LogP contribution in [-0.2, 0) is 4.79 Å². The molecule has 0 saturated heterocycles. The van der Waals surface area contributed by atoms with Crippen LogP contribution in [0.2, 0.25) is 0 Å². The Bertz CT molecular complexity index is 446. The van der Waals surface area contributed by atoms with E-state index in [0.29, 0.717) is 11.3 Å². The zero-order valence-corrected chi connectivity index (χ0v) is 14.1. The van der Waals surface area contributed by atoms with Gasteiger partial charge in [-0.1, -0.05) is 22.5 Å². The number of ketones is 1. The Hall–Kier alpha value is -0.130. The first-order valence-corrected chi connectivity index (χ1v) is 7.21. The Labute approximate surface area is 126 Å². The van der Waals surface area contributed by atoms with Crippen LogP contribution in [0.15, 0.2) is 37.7 Å². The van der Waals surface area contributed by atoms with Gasteiger partial charge in [0.25, 0.3) is 0 Å². The quantitative estimate of drug-likeness (QED) is 0.641. The fourth-order valence-electron chi connectivity index (χ4n) is 1.22. The number of hydrogen-bond acceptors (Lipinski definition) is 2.